The fourth-order valence-electron chi connectivity index (χ4n) is 4.10. The average molecular weight is 426 g/mol. The molecular formula is C24H19FN6O. The Labute approximate surface area is 183 Å². The number of rotatable bonds is 5. The maximum atomic E-state index is 14.1. The quantitative estimate of drug-likeness (QED) is 0.502. The van der Waals surface area contributed by atoms with Crippen LogP contribution in [0.5, 0.6) is 0 Å². The molecule has 0 unspecified atom stereocenters. The van der Waals surface area contributed by atoms with Crippen molar-refractivity contribution >= 4 is 17.3 Å². The maximum absolute atomic E-state index is 14.1. The predicted molar refractivity (Wildman–Crippen MR) is 120 cm³/mol. The van der Waals surface area contributed by atoms with Crippen LogP contribution in [0.15, 0.2) is 59.7 Å². The first kappa shape index (κ1) is 19.7. The van der Waals surface area contributed by atoms with Crippen LogP contribution in [0.4, 0.5) is 16.2 Å². The lowest BCUT2D eigenvalue weighted by Crippen LogP contribution is -2.22. The highest BCUT2D eigenvalue weighted by atomic mass is 19.1. The van der Waals surface area contributed by atoms with Gasteiger partial charge >= 0.3 is 0 Å². The maximum Gasteiger partial charge on any atom is 0.263 e. The van der Waals surface area contributed by atoms with Crippen molar-refractivity contribution < 1.29 is 4.39 Å². The number of fused-ring (bicyclic) bond motifs is 1. The Kier molecular flexibility index (Phi) is 4.79. The summed E-state index contributed by atoms with van der Waals surface area (Å²) in [7, 11) is 0. The van der Waals surface area contributed by atoms with Gasteiger partial charge in [0, 0.05) is 12.7 Å². The molecule has 0 amide bonds. The van der Waals surface area contributed by atoms with Gasteiger partial charge in [0.1, 0.15) is 23.3 Å². The molecule has 3 aromatic heterocycles. The standard InChI is InChI=1S/C24H19FN6O/c25-17-8-9-19-20(15-6-7-15)18(12-28-22-16(10-26)11-29-24(27)30-22)21(23(32)31(19)13-17)14-4-2-1-3-5-14/h1-5,8-9,11,13,15H,6-7,12H2,(H3,27,28,29,30). The Morgan fingerprint density at radius 2 is 2.00 bits per heavy atom. The van der Waals surface area contributed by atoms with E-state index < -0.39 is 5.82 Å². The molecule has 1 aliphatic rings. The number of nitrogens with two attached hydrogens (primary N) is 1. The van der Waals surface area contributed by atoms with Gasteiger partial charge in [0.15, 0.2) is 0 Å². The van der Waals surface area contributed by atoms with E-state index in [-0.39, 0.29) is 29.5 Å². The van der Waals surface area contributed by atoms with Gasteiger partial charge in [-0.1, -0.05) is 30.3 Å². The first-order valence-electron chi connectivity index (χ1n) is 10.3. The van der Waals surface area contributed by atoms with E-state index in [4.69, 9.17) is 5.73 Å². The first-order chi connectivity index (χ1) is 15.6. The molecule has 8 heteroatoms. The van der Waals surface area contributed by atoms with Crippen molar-refractivity contribution in [1.82, 2.24) is 14.4 Å². The number of nitrogens with one attached hydrogen (secondary N) is 1. The Hall–Kier alpha value is -4.25. The van der Waals surface area contributed by atoms with E-state index in [0.717, 1.165) is 29.5 Å². The largest absolute Gasteiger partial charge is 0.368 e. The van der Waals surface area contributed by atoms with Gasteiger partial charge in [-0.15, -0.1) is 0 Å². The minimum atomic E-state index is -0.471. The second kappa shape index (κ2) is 7.78. The molecule has 3 N–H and O–H groups in total. The lowest BCUT2D eigenvalue weighted by atomic mass is 9.93. The van der Waals surface area contributed by atoms with Gasteiger partial charge in [0.2, 0.25) is 5.95 Å². The van der Waals surface area contributed by atoms with Gasteiger partial charge in [0.25, 0.3) is 5.56 Å². The number of nitrogens with zero attached hydrogens (tertiary/aromatic N) is 4. The summed E-state index contributed by atoms with van der Waals surface area (Å²) < 4.78 is 15.5. The third-order valence-corrected chi connectivity index (χ3v) is 5.66. The highest BCUT2D eigenvalue weighted by Crippen LogP contribution is 2.45. The zero-order valence-electron chi connectivity index (χ0n) is 17.0. The third kappa shape index (κ3) is 3.44. The molecule has 0 aliphatic heterocycles. The van der Waals surface area contributed by atoms with Crippen LogP contribution in [0.25, 0.3) is 16.6 Å². The lowest BCUT2D eigenvalue weighted by Gasteiger charge is -2.19. The van der Waals surface area contributed by atoms with Gasteiger partial charge in [-0.3, -0.25) is 9.20 Å². The molecule has 1 aromatic carbocycles. The molecule has 4 aromatic rings. The number of hydrogen-bond acceptors (Lipinski definition) is 6. The number of benzene rings is 1. The molecule has 3 heterocycles. The summed E-state index contributed by atoms with van der Waals surface area (Å²) in [5.41, 5.74) is 9.44. The van der Waals surface area contributed by atoms with Crippen molar-refractivity contribution in [2.45, 2.75) is 25.3 Å². The molecule has 1 aliphatic carbocycles. The van der Waals surface area contributed by atoms with Gasteiger partial charge in [-0.2, -0.15) is 10.2 Å². The Bertz CT molecular complexity index is 1440. The molecule has 158 valence electrons. The smallest absolute Gasteiger partial charge is 0.263 e. The third-order valence-electron chi connectivity index (χ3n) is 5.66. The molecule has 7 nitrogen and oxygen atoms in total. The number of hydrogen-bond donors (Lipinski definition) is 2. The number of nitriles is 1. The van der Waals surface area contributed by atoms with Crippen molar-refractivity contribution in [2.75, 3.05) is 11.1 Å². The van der Waals surface area contributed by atoms with Crippen LogP contribution < -0.4 is 16.6 Å². The van der Waals surface area contributed by atoms with Gasteiger partial charge in [-0.05, 0) is 47.6 Å². The van der Waals surface area contributed by atoms with Crippen LogP contribution >= 0.6 is 0 Å². The first-order valence-corrected chi connectivity index (χ1v) is 10.3. The Balaban J connectivity index is 1.75. The molecule has 0 radical (unpaired) electrons. The lowest BCUT2D eigenvalue weighted by molar-refractivity contribution is 0.618. The van der Waals surface area contributed by atoms with Crippen LogP contribution in [0.1, 0.15) is 35.4 Å². The second-order valence-corrected chi connectivity index (χ2v) is 7.77. The van der Waals surface area contributed by atoms with Gasteiger partial charge < -0.3 is 11.1 Å². The monoisotopic (exact) mass is 426 g/mol. The van der Waals surface area contributed by atoms with Crippen molar-refractivity contribution in [1.29, 1.82) is 5.26 Å². The molecule has 0 spiro atoms. The zero-order valence-corrected chi connectivity index (χ0v) is 17.0. The highest BCUT2D eigenvalue weighted by molar-refractivity contribution is 5.75. The second-order valence-electron chi connectivity index (χ2n) is 7.77. The van der Waals surface area contributed by atoms with E-state index in [0.29, 0.717) is 16.9 Å². The van der Waals surface area contributed by atoms with E-state index in [1.54, 1.807) is 6.07 Å². The van der Waals surface area contributed by atoms with Crippen LogP contribution in [0, 0.1) is 17.1 Å². The minimum Gasteiger partial charge on any atom is -0.368 e. The normalized spacial score (nSPS) is 13.1. The van der Waals surface area contributed by atoms with E-state index in [1.165, 1.54) is 22.9 Å². The summed E-state index contributed by atoms with van der Waals surface area (Å²) in [5.74, 6) is 0.161. The van der Waals surface area contributed by atoms with Gasteiger partial charge in [0.05, 0.1) is 17.3 Å². The molecule has 1 fully saturated rings. The number of pyridine rings is 2. The van der Waals surface area contributed by atoms with Crippen LogP contribution in [-0.2, 0) is 6.54 Å². The number of nitrogen functional groups attached to an aromatic ring is 1. The Morgan fingerprint density at radius 3 is 2.72 bits per heavy atom. The zero-order chi connectivity index (χ0) is 22.2. The molecule has 0 saturated heterocycles. The molecule has 32 heavy (non-hydrogen) atoms. The molecule has 5 rings (SSSR count). The number of anilines is 2. The Morgan fingerprint density at radius 1 is 1.22 bits per heavy atom. The van der Waals surface area contributed by atoms with Crippen molar-refractivity contribution in [3.63, 3.8) is 0 Å². The number of aromatic nitrogens is 3. The molecule has 0 atom stereocenters. The van der Waals surface area contributed by atoms with Crippen LogP contribution in [0.2, 0.25) is 0 Å². The van der Waals surface area contributed by atoms with E-state index in [2.05, 4.69) is 21.4 Å². The average Bonchev–Trinajstić information content (AvgIpc) is 3.64. The summed E-state index contributed by atoms with van der Waals surface area (Å²) >= 11 is 0. The predicted octanol–water partition coefficient (Wildman–Crippen LogP) is 3.84. The fraction of sp³-hybridized carbons (Fsp3) is 0.167. The molecule has 1 saturated carbocycles. The van der Waals surface area contributed by atoms with E-state index in [1.807, 2.05) is 30.3 Å². The van der Waals surface area contributed by atoms with Gasteiger partial charge in [-0.25, -0.2) is 9.37 Å². The summed E-state index contributed by atoms with van der Waals surface area (Å²) in [6, 6.07) is 14.4. The van der Waals surface area contributed by atoms with Crippen molar-refractivity contribution in [2.24, 2.45) is 0 Å². The molecular weight excluding hydrogens is 407 g/mol. The van der Waals surface area contributed by atoms with Crippen molar-refractivity contribution in [3.05, 3.63) is 87.7 Å². The summed E-state index contributed by atoms with van der Waals surface area (Å²) in [5, 5.41) is 12.6. The highest BCUT2D eigenvalue weighted by Gasteiger charge is 2.31. The summed E-state index contributed by atoms with van der Waals surface area (Å²) in [4.78, 5) is 21.6. The summed E-state index contributed by atoms with van der Waals surface area (Å²) in [6.45, 7) is 0.254. The van der Waals surface area contributed by atoms with Crippen LogP contribution in [-0.4, -0.2) is 14.4 Å². The van der Waals surface area contributed by atoms with E-state index in [9.17, 15) is 14.4 Å². The minimum absolute atomic E-state index is 0.0475. The topological polar surface area (TPSA) is 109 Å². The van der Waals surface area contributed by atoms with E-state index >= 15 is 0 Å². The van der Waals surface area contributed by atoms with Crippen molar-refractivity contribution in [3.8, 4) is 17.2 Å². The number of halogens is 1. The van der Waals surface area contributed by atoms with Crippen LogP contribution in [0.3, 0.4) is 0 Å². The summed E-state index contributed by atoms with van der Waals surface area (Å²) in [6.07, 6.45) is 4.60. The SMILES string of the molecule is N#Cc1cnc(N)nc1NCc1c(-c2ccccc2)c(=O)n2cc(F)ccc2c1C1CC1. The fourth-order valence-corrected chi connectivity index (χ4v) is 4.10. The molecule has 0 bridgehead atoms.